The summed E-state index contributed by atoms with van der Waals surface area (Å²) in [4.78, 5) is 38.4. The van der Waals surface area contributed by atoms with E-state index in [9.17, 15) is 18.8 Å². The third-order valence-corrected chi connectivity index (χ3v) is 6.52. The van der Waals surface area contributed by atoms with Gasteiger partial charge in [0.1, 0.15) is 24.7 Å². The van der Waals surface area contributed by atoms with E-state index < -0.39 is 29.4 Å². The number of halogens is 2. The van der Waals surface area contributed by atoms with E-state index in [0.717, 1.165) is 37.4 Å². The number of thioether (sulfide) groups is 1. The number of nitrogens with one attached hydrogen (secondary N) is 1. The fraction of sp³-hybridized carbons (Fsp3) is 0.0800. The average Bonchev–Trinajstić information content (AvgIpc) is 3.06. The van der Waals surface area contributed by atoms with Crippen LogP contribution in [0.1, 0.15) is 11.1 Å². The predicted molar refractivity (Wildman–Crippen MR) is 138 cm³/mol. The van der Waals surface area contributed by atoms with Crippen LogP contribution in [0.3, 0.4) is 0 Å². The van der Waals surface area contributed by atoms with E-state index in [1.165, 1.54) is 18.2 Å². The third kappa shape index (κ3) is 6.03. The Hall–Kier alpha value is -3.18. The Morgan fingerprint density at radius 3 is 2.59 bits per heavy atom. The smallest absolute Gasteiger partial charge is 0.294 e. The van der Waals surface area contributed by atoms with Crippen molar-refractivity contribution >= 4 is 63.2 Å². The molecule has 0 bridgehead atoms. The largest absolute Gasteiger partial charge is 0.488 e. The van der Waals surface area contributed by atoms with Crippen molar-refractivity contribution in [1.82, 2.24) is 4.90 Å². The minimum atomic E-state index is -0.594. The molecule has 4 rings (SSSR count). The number of nitrogens with zero attached hydrogens (tertiary/aromatic N) is 1. The summed E-state index contributed by atoms with van der Waals surface area (Å²) >= 11 is 2.92. The molecule has 0 saturated carbocycles. The van der Waals surface area contributed by atoms with Gasteiger partial charge < -0.3 is 10.1 Å². The summed E-state index contributed by atoms with van der Waals surface area (Å²) < 4.78 is 20.0. The topological polar surface area (TPSA) is 75.7 Å². The zero-order chi connectivity index (χ0) is 24.1. The first-order valence-electron chi connectivity index (χ1n) is 10.2. The van der Waals surface area contributed by atoms with Gasteiger partial charge in [-0.3, -0.25) is 19.3 Å². The number of amides is 3. The molecule has 9 heteroatoms. The molecule has 1 saturated heterocycles. The number of carbonyl (C=O) groups is 3. The van der Waals surface area contributed by atoms with Gasteiger partial charge in [-0.15, -0.1) is 0 Å². The zero-order valence-electron chi connectivity index (χ0n) is 17.7. The molecule has 1 heterocycles. The van der Waals surface area contributed by atoms with Crippen LogP contribution in [0.2, 0.25) is 0 Å². The van der Waals surface area contributed by atoms with E-state index in [1.807, 2.05) is 42.5 Å². The van der Waals surface area contributed by atoms with Crippen LogP contribution < -0.4 is 10.1 Å². The molecule has 3 aromatic carbocycles. The highest BCUT2D eigenvalue weighted by Crippen LogP contribution is 2.33. The number of anilines is 1. The highest BCUT2D eigenvalue weighted by Gasteiger charge is 2.36. The minimum absolute atomic E-state index is 0.220. The van der Waals surface area contributed by atoms with Crippen LogP contribution in [0.15, 0.2) is 77.7 Å². The SMILES string of the molecule is O=C(CN1C(=O)S/C(=C/c2ccc(OCc3ccccc3)c(I)c2)C1=O)Nc1cccc(F)c1. The van der Waals surface area contributed by atoms with E-state index in [2.05, 4.69) is 27.9 Å². The fourth-order valence-electron chi connectivity index (χ4n) is 3.16. The summed E-state index contributed by atoms with van der Waals surface area (Å²) in [6.07, 6.45) is 1.61. The zero-order valence-corrected chi connectivity index (χ0v) is 20.6. The lowest BCUT2D eigenvalue weighted by Crippen LogP contribution is -2.36. The van der Waals surface area contributed by atoms with Crippen molar-refractivity contribution in [3.05, 3.63) is 98.2 Å². The highest BCUT2D eigenvalue weighted by atomic mass is 127. The number of imide groups is 1. The second-order valence-corrected chi connectivity index (χ2v) is 9.45. The third-order valence-electron chi connectivity index (χ3n) is 4.77. The number of ether oxygens (including phenoxy) is 1. The van der Waals surface area contributed by atoms with E-state index in [-0.39, 0.29) is 10.6 Å². The van der Waals surface area contributed by atoms with Gasteiger partial charge in [0, 0.05) is 5.69 Å². The van der Waals surface area contributed by atoms with Crippen LogP contribution in [0.25, 0.3) is 6.08 Å². The Balaban J connectivity index is 1.40. The summed E-state index contributed by atoms with van der Waals surface area (Å²) in [5.41, 5.74) is 2.03. The summed E-state index contributed by atoms with van der Waals surface area (Å²) in [7, 11) is 0. The van der Waals surface area contributed by atoms with Gasteiger partial charge in [-0.05, 0) is 81.9 Å². The lowest BCUT2D eigenvalue weighted by molar-refractivity contribution is -0.127. The van der Waals surface area contributed by atoms with E-state index in [0.29, 0.717) is 12.4 Å². The molecule has 3 aromatic rings. The maximum Gasteiger partial charge on any atom is 0.294 e. The number of benzene rings is 3. The van der Waals surface area contributed by atoms with Gasteiger partial charge in [-0.25, -0.2) is 4.39 Å². The Kier molecular flexibility index (Phi) is 7.63. The van der Waals surface area contributed by atoms with Crippen molar-refractivity contribution in [3.8, 4) is 5.75 Å². The monoisotopic (exact) mass is 588 g/mol. The maximum atomic E-state index is 13.3. The number of hydrogen-bond acceptors (Lipinski definition) is 5. The molecule has 34 heavy (non-hydrogen) atoms. The molecular formula is C25H18FIN2O4S. The molecule has 1 aliphatic rings. The van der Waals surface area contributed by atoms with Crippen molar-refractivity contribution < 1.29 is 23.5 Å². The lowest BCUT2D eigenvalue weighted by atomic mass is 10.2. The van der Waals surface area contributed by atoms with Gasteiger partial charge in [0.2, 0.25) is 5.91 Å². The van der Waals surface area contributed by atoms with Crippen molar-refractivity contribution in [2.45, 2.75) is 6.61 Å². The Labute approximate surface area is 213 Å². The van der Waals surface area contributed by atoms with Crippen molar-refractivity contribution in [2.24, 2.45) is 0 Å². The van der Waals surface area contributed by atoms with Gasteiger partial charge in [-0.1, -0.05) is 42.5 Å². The summed E-state index contributed by atoms with van der Waals surface area (Å²) in [5, 5.41) is 1.95. The molecule has 0 aromatic heterocycles. The second-order valence-electron chi connectivity index (χ2n) is 7.29. The normalized spacial score (nSPS) is 14.5. The molecule has 3 amide bonds. The van der Waals surface area contributed by atoms with Crippen LogP contribution in [0, 0.1) is 9.39 Å². The lowest BCUT2D eigenvalue weighted by Gasteiger charge is -2.12. The van der Waals surface area contributed by atoms with Crippen LogP contribution in [-0.2, 0) is 16.2 Å². The summed E-state index contributed by atoms with van der Waals surface area (Å²) in [6, 6.07) is 20.6. The number of rotatable bonds is 7. The van der Waals surface area contributed by atoms with Gasteiger partial charge >= 0.3 is 0 Å². The minimum Gasteiger partial charge on any atom is -0.488 e. The first kappa shape index (κ1) is 24.0. The van der Waals surface area contributed by atoms with Crippen LogP contribution in [0.5, 0.6) is 5.75 Å². The van der Waals surface area contributed by atoms with Crippen LogP contribution in [-0.4, -0.2) is 28.5 Å². The molecule has 0 radical (unpaired) electrons. The van der Waals surface area contributed by atoms with Gasteiger partial charge in [0.25, 0.3) is 11.1 Å². The number of hydrogen-bond donors (Lipinski definition) is 1. The van der Waals surface area contributed by atoms with E-state index >= 15 is 0 Å². The summed E-state index contributed by atoms with van der Waals surface area (Å²) in [6.45, 7) is -0.0188. The standard InChI is InChI=1S/C25H18FIN2O4S/c26-18-7-4-8-19(13-18)28-23(30)14-29-24(31)22(34-25(29)32)12-17-9-10-21(20(27)11-17)33-15-16-5-2-1-3-6-16/h1-13H,14-15H2,(H,28,30)/b22-12+. The molecule has 0 spiro atoms. The van der Waals surface area contributed by atoms with E-state index in [1.54, 1.807) is 12.1 Å². The molecule has 172 valence electrons. The molecule has 1 N–H and O–H groups in total. The Morgan fingerprint density at radius 2 is 1.85 bits per heavy atom. The van der Waals surface area contributed by atoms with Crippen molar-refractivity contribution in [1.29, 1.82) is 0 Å². The Bertz CT molecular complexity index is 1280. The molecule has 0 unspecified atom stereocenters. The van der Waals surface area contributed by atoms with Gasteiger partial charge in [0.15, 0.2) is 0 Å². The van der Waals surface area contributed by atoms with Gasteiger partial charge in [-0.2, -0.15) is 0 Å². The van der Waals surface area contributed by atoms with Crippen LogP contribution in [0.4, 0.5) is 14.9 Å². The van der Waals surface area contributed by atoms with Gasteiger partial charge in [0.05, 0.1) is 8.48 Å². The molecular weight excluding hydrogens is 570 g/mol. The average molecular weight is 588 g/mol. The first-order chi connectivity index (χ1) is 16.4. The maximum absolute atomic E-state index is 13.3. The van der Waals surface area contributed by atoms with E-state index in [4.69, 9.17) is 4.74 Å². The summed E-state index contributed by atoms with van der Waals surface area (Å²) in [5.74, 6) is -0.936. The molecule has 6 nitrogen and oxygen atoms in total. The first-order valence-corrected chi connectivity index (χ1v) is 12.1. The molecule has 1 aliphatic heterocycles. The molecule has 1 fully saturated rings. The quantitative estimate of drug-likeness (QED) is 0.284. The number of carbonyl (C=O) groups excluding carboxylic acids is 3. The predicted octanol–water partition coefficient (Wildman–Crippen LogP) is 5.68. The molecule has 0 aliphatic carbocycles. The van der Waals surface area contributed by atoms with Crippen molar-refractivity contribution in [3.63, 3.8) is 0 Å². The highest BCUT2D eigenvalue weighted by molar-refractivity contribution is 14.1. The van der Waals surface area contributed by atoms with Crippen molar-refractivity contribution in [2.75, 3.05) is 11.9 Å². The van der Waals surface area contributed by atoms with Crippen LogP contribution >= 0.6 is 34.4 Å². The second kappa shape index (κ2) is 10.8. The fourth-order valence-corrected chi connectivity index (χ4v) is 4.69. The molecule has 0 atom stereocenters. The Morgan fingerprint density at radius 1 is 1.06 bits per heavy atom.